The maximum Gasteiger partial charge on any atom is 0.266 e. The van der Waals surface area contributed by atoms with Crippen LogP contribution in [0.4, 0.5) is 0 Å². The van der Waals surface area contributed by atoms with Crippen LogP contribution < -0.4 is 0 Å². The Labute approximate surface area is 41.0 Å². The third-order valence-corrected chi connectivity index (χ3v) is 0.358. The lowest BCUT2D eigenvalue weighted by Crippen LogP contribution is -2.12. The molecular formula is C3H8O4. The van der Waals surface area contributed by atoms with Crippen molar-refractivity contribution in [2.24, 2.45) is 0 Å². The SMILES string of the molecule is OCCOC(O)O. The fourth-order valence-corrected chi connectivity index (χ4v) is 0.158. The Kier molecular flexibility index (Phi) is 3.92. The van der Waals surface area contributed by atoms with E-state index in [1.165, 1.54) is 0 Å². The standard InChI is InChI=1S/C3H8O4/c4-1-2-7-3(5)6/h3-6H,1-2H2. The van der Waals surface area contributed by atoms with Crippen LogP contribution in [-0.2, 0) is 4.74 Å². The minimum Gasteiger partial charge on any atom is -0.394 e. The molecule has 0 aromatic heterocycles. The van der Waals surface area contributed by atoms with Gasteiger partial charge in [-0.3, -0.25) is 0 Å². The number of rotatable bonds is 3. The van der Waals surface area contributed by atoms with E-state index in [9.17, 15) is 0 Å². The molecule has 0 amide bonds. The summed E-state index contributed by atoms with van der Waals surface area (Å²) in [5.74, 6) is 0. The van der Waals surface area contributed by atoms with Crippen LogP contribution in [0.15, 0.2) is 0 Å². The summed E-state index contributed by atoms with van der Waals surface area (Å²) in [7, 11) is 0. The summed E-state index contributed by atoms with van der Waals surface area (Å²) in [5, 5.41) is 23.8. The van der Waals surface area contributed by atoms with Gasteiger partial charge in [-0.1, -0.05) is 0 Å². The Hall–Kier alpha value is -0.160. The van der Waals surface area contributed by atoms with E-state index in [1.54, 1.807) is 0 Å². The molecule has 0 bridgehead atoms. The monoisotopic (exact) mass is 108 g/mol. The van der Waals surface area contributed by atoms with Crippen molar-refractivity contribution in [3.05, 3.63) is 0 Å². The second kappa shape index (κ2) is 4.01. The smallest absolute Gasteiger partial charge is 0.266 e. The van der Waals surface area contributed by atoms with Crippen molar-refractivity contribution in [2.75, 3.05) is 13.2 Å². The van der Waals surface area contributed by atoms with Gasteiger partial charge in [-0.2, -0.15) is 0 Å². The van der Waals surface area contributed by atoms with Gasteiger partial charge in [0.1, 0.15) is 0 Å². The van der Waals surface area contributed by atoms with Gasteiger partial charge in [-0.25, -0.2) is 0 Å². The minimum atomic E-state index is -1.76. The second-order valence-electron chi connectivity index (χ2n) is 0.921. The quantitative estimate of drug-likeness (QED) is 0.375. The van der Waals surface area contributed by atoms with Crippen LogP contribution in [0.2, 0.25) is 0 Å². The lowest BCUT2D eigenvalue weighted by molar-refractivity contribution is -0.236. The van der Waals surface area contributed by atoms with Gasteiger partial charge in [0.2, 0.25) is 0 Å². The highest BCUT2D eigenvalue weighted by atomic mass is 16.7. The molecule has 7 heavy (non-hydrogen) atoms. The van der Waals surface area contributed by atoms with Crippen molar-refractivity contribution in [1.29, 1.82) is 0 Å². The molecule has 0 aromatic rings. The van der Waals surface area contributed by atoms with Crippen LogP contribution in [0, 0.1) is 0 Å². The van der Waals surface area contributed by atoms with Crippen molar-refractivity contribution in [3.63, 3.8) is 0 Å². The van der Waals surface area contributed by atoms with E-state index < -0.39 is 6.48 Å². The normalized spacial score (nSPS) is 10.3. The summed E-state index contributed by atoms with van der Waals surface area (Å²) in [6.07, 6.45) is 0. The van der Waals surface area contributed by atoms with E-state index >= 15 is 0 Å². The predicted molar refractivity (Wildman–Crippen MR) is 21.3 cm³/mol. The van der Waals surface area contributed by atoms with E-state index in [-0.39, 0.29) is 13.2 Å². The highest BCUT2D eigenvalue weighted by Crippen LogP contribution is 1.75. The topological polar surface area (TPSA) is 69.9 Å². The molecule has 0 radical (unpaired) electrons. The molecule has 3 N–H and O–H groups in total. The Morgan fingerprint density at radius 3 is 2.14 bits per heavy atom. The zero-order valence-corrected chi connectivity index (χ0v) is 3.74. The van der Waals surface area contributed by atoms with Crippen LogP contribution in [0.3, 0.4) is 0 Å². The highest BCUT2D eigenvalue weighted by molar-refractivity contribution is 4.17. The maximum absolute atomic E-state index is 7.97. The zero-order chi connectivity index (χ0) is 5.70. The predicted octanol–water partition coefficient (Wildman–Crippen LogP) is -1.74. The molecule has 0 atom stereocenters. The average Bonchev–Trinajstić information content (AvgIpc) is 1.61. The van der Waals surface area contributed by atoms with Crippen LogP contribution in [0.25, 0.3) is 0 Å². The third kappa shape index (κ3) is 5.84. The van der Waals surface area contributed by atoms with Gasteiger partial charge in [-0.15, -0.1) is 0 Å². The molecular weight excluding hydrogens is 100 g/mol. The molecule has 0 heterocycles. The summed E-state index contributed by atoms with van der Waals surface area (Å²) in [6.45, 7) is -2.00. The Morgan fingerprint density at radius 1 is 1.43 bits per heavy atom. The summed E-state index contributed by atoms with van der Waals surface area (Å²) in [6, 6.07) is 0. The van der Waals surface area contributed by atoms with Crippen molar-refractivity contribution in [1.82, 2.24) is 0 Å². The fourth-order valence-electron chi connectivity index (χ4n) is 0.158. The fraction of sp³-hybridized carbons (Fsp3) is 1.00. The molecule has 0 saturated heterocycles. The van der Waals surface area contributed by atoms with Crippen LogP contribution in [0.5, 0.6) is 0 Å². The average molecular weight is 108 g/mol. The molecule has 0 aliphatic heterocycles. The number of aliphatic hydroxyl groups excluding tert-OH is 2. The van der Waals surface area contributed by atoms with Crippen molar-refractivity contribution < 1.29 is 20.1 Å². The van der Waals surface area contributed by atoms with E-state index in [0.717, 1.165) is 0 Å². The lowest BCUT2D eigenvalue weighted by atomic mass is 10.8. The Morgan fingerprint density at radius 2 is 2.00 bits per heavy atom. The second-order valence-corrected chi connectivity index (χ2v) is 0.921. The van der Waals surface area contributed by atoms with Crippen LogP contribution in [0.1, 0.15) is 0 Å². The first kappa shape index (κ1) is 6.84. The number of hydrogen-bond acceptors (Lipinski definition) is 4. The summed E-state index contributed by atoms with van der Waals surface area (Å²) < 4.78 is 4.05. The van der Waals surface area contributed by atoms with E-state index in [4.69, 9.17) is 15.3 Å². The van der Waals surface area contributed by atoms with Gasteiger partial charge in [0, 0.05) is 0 Å². The molecule has 0 unspecified atom stereocenters. The van der Waals surface area contributed by atoms with Gasteiger partial charge < -0.3 is 20.1 Å². The molecule has 0 rings (SSSR count). The van der Waals surface area contributed by atoms with Gasteiger partial charge in [0.25, 0.3) is 6.48 Å². The summed E-state index contributed by atoms with van der Waals surface area (Å²) in [4.78, 5) is 0. The minimum absolute atomic E-state index is 0.0440. The molecule has 0 aliphatic carbocycles. The van der Waals surface area contributed by atoms with Gasteiger partial charge in [-0.05, 0) is 0 Å². The Balaban J connectivity index is 2.68. The first-order valence-electron chi connectivity index (χ1n) is 1.86. The zero-order valence-electron chi connectivity index (χ0n) is 3.74. The summed E-state index contributed by atoms with van der Waals surface area (Å²) in [5.41, 5.74) is 0. The first-order valence-corrected chi connectivity index (χ1v) is 1.86. The van der Waals surface area contributed by atoms with Gasteiger partial charge in [0.05, 0.1) is 13.2 Å². The van der Waals surface area contributed by atoms with Crippen molar-refractivity contribution in [3.8, 4) is 0 Å². The summed E-state index contributed by atoms with van der Waals surface area (Å²) >= 11 is 0. The third-order valence-electron chi connectivity index (χ3n) is 0.358. The maximum atomic E-state index is 7.97. The van der Waals surface area contributed by atoms with E-state index in [2.05, 4.69) is 4.74 Å². The van der Waals surface area contributed by atoms with Crippen molar-refractivity contribution in [2.45, 2.75) is 6.48 Å². The van der Waals surface area contributed by atoms with Gasteiger partial charge >= 0.3 is 0 Å². The van der Waals surface area contributed by atoms with Crippen LogP contribution >= 0.6 is 0 Å². The molecule has 0 aliphatic rings. The molecule has 4 heteroatoms. The number of ether oxygens (including phenoxy) is 1. The molecule has 4 nitrogen and oxygen atoms in total. The number of hydrogen-bond donors (Lipinski definition) is 3. The molecule has 0 aromatic carbocycles. The number of aliphatic hydroxyl groups is 3. The lowest BCUT2D eigenvalue weighted by Gasteiger charge is -2.00. The molecule has 0 saturated carbocycles. The highest BCUT2D eigenvalue weighted by Gasteiger charge is 1.91. The van der Waals surface area contributed by atoms with E-state index in [0.29, 0.717) is 0 Å². The molecule has 0 spiro atoms. The van der Waals surface area contributed by atoms with Crippen LogP contribution in [-0.4, -0.2) is 35.0 Å². The Bertz CT molecular complexity index is 35.9. The van der Waals surface area contributed by atoms with Crippen molar-refractivity contribution >= 4 is 0 Å². The van der Waals surface area contributed by atoms with E-state index in [1.807, 2.05) is 0 Å². The van der Waals surface area contributed by atoms with Gasteiger partial charge in [0.15, 0.2) is 0 Å². The molecule has 44 valence electrons. The first-order chi connectivity index (χ1) is 3.27. The molecule has 0 fully saturated rings. The largest absolute Gasteiger partial charge is 0.394 e.